The van der Waals surface area contributed by atoms with Gasteiger partial charge in [0, 0.05) is 5.69 Å². The van der Waals surface area contributed by atoms with Crippen LogP contribution >= 0.6 is 11.8 Å². The van der Waals surface area contributed by atoms with Gasteiger partial charge in [0.05, 0.1) is 0 Å². The number of aromatic amines is 1. The molecule has 0 aliphatic heterocycles. The third kappa shape index (κ3) is 2.56. The highest BCUT2D eigenvalue weighted by Crippen LogP contribution is 2.22. The standard InChI is InChI=1S/C14H14N4S/c1-9-3-4-11-8-12(6-5-10(11)7-9)15-13-16-14(19-2)18-17-13/h3-8H,1-2H3,(H2,15,16,17,18). The molecule has 2 aromatic carbocycles. The van der Waals surface area contributed by atoms with E-state index in [1.54, 1.807) is 0 Å². The molecule has 0 fully saturated rings. The Morgan fingerprint density at radius 3 is 2.68 bits per heavy atom. The average Bonchev–Trinajstić information content (AvgIpc) is 2.86. The summed E-state index contributed by atoms with van der Waals surface area (Å²) in [5.74, 6) is 0.593. The highest BCUT2D eigenvalue weighted by Gasteiger charge is 2.03. The first-order valence-electron chi connectivity index (χ1n) is 5.98. The van der Waals surface area contributed by atoms with Gasteiger partial charge in [-0.2, -0.15) is 4.98 Å². The molecule has 96 valence electrons. The average molecular weight is 270 g/mol. The molecule has 0 atom stereocenters. The van der Waals surface area contributed by atoms with Crippen LogP contribution in [-0.4, -0.2) is 21.4 Å². The third-order valence-corrected chi connectivity index (χ3v) is 3.48. The van der Waals surface area contributed by atoms with Crippen LogP contribution in [0.25, 0.3) is 10.8 Å². The number of aryl methyl sites for hydroxylation is 1. The molecule has 4 nitrogen and oxygen atoms in total. The first kappa shape index (κ1) is 12.0. The number of fused-ring (bicyclic) bond motifs is 1. The highest BCUT2D eigenvalue weighted by molar-refractivity contribution is 7.98. The maximum atomic E-state index is 4.30. The summed E-state index contributed by atoms with van der Waals surface area (Å²) in [7, 11) is 0. The molecule has 0 unspecified atom stereocenters. The Kier molecular flexibility index (Phi) is 3.13. The fraction of sp³-hybridized carbons (Fsp3) is 0.143. The number of anilines is 2. The number of nitrogens with one attached hydrogen (secondary N) is 2. The lowest BCUT2D eigenvalue weighted by Gasteiger charge is -2.04. The molecule has 0 saturated heterocycles. The van der Waals surface area contributed by atoms with Crippen LogP contribution in [0.4, 0.5) is 11.6 Å². The van der Waals surface area contributed by atoms with E-state index >= 15 is 0 Å². The topological polar surface area (TPSA) is 53.6 Å². The Hall–Kier alpha value is -2.01. The zero-order chi connectivity index (χ0) is 13.2. The zero-order valence-corrected chi connectivity index (χ0v) is 11.6. The van der Waals surface area contributed by atoms with Crippen molar-refractivity contribution >= 4 is 34.2 Å². The van der Waals surface area contributed by atoms with Crippen molar-refractivity contribution in [1.29, 1.82) is 0 Å². The van der Waals surface area contributed by atoms with E-state index in [0.29, 0.717) is 5.95 Å². The molecule has 19 heavy (non-hydrogen) atoms. The number of rotatable bonds is 3. The van der Waals surface area contributed by atoms with Crippen LogP contribution in [0, 0.1) is 6.92 Å². The molecule has 0 amide bonds. The van der Waals surface area contributed by atoms with Gasteiger partial charge in [-0.25, -0.2) is 0 Å². The molecule has 0 aliphatic carbocycles. The molecule has 0 radical (unpaired) electrons. The lowest BCUT2D eigenvalue weighted by atomic mass is 10.1. The molecule has 1 heterocycles. The van der Waals surface area contributed by atoms with Gasteiger partial charge in [0.2, 0.25) is 5.95 Å². The molecule has 3 aromatic rings. The molecule has 1 aromatic heterocycles. The number of hydrogen-bond acceptors (Lipinski definition) is 4. The largest absolute Gasteiger partial charge is 0.323 e. The van der Waals surface area contributed by atoms with Gasteiger partial charge in [-0.15, -0.1) is 5.10 Å². The number of H-pyrrole nitrogens is 1. The summed E-state index contributed by atoms with van der Waals surface area (Å²) in [6.45, 7) is 2.10. The van der Waals surface area contributed by atoms with Gasteiger partial charge in [0.1, 0.15) is 0 Å². The molecule has 5 heteroatoms. The maximum absolute atomic E-state index is 4.30. The van der Waals surface area contributed by atoms with Gasteiger partial charge in [0.15, 0.2) is 5.16 Å². The van der Waals surface area contributed by atoms with E-state index in [1.807, 2.05) is 12.3 Å². The van der Waals surface area contributed by atoms with E-state index in [4.69, 9.17) is 0 Å². The van der Waals surface area contributed by atoms with Crippen LogP contribution in [0.2, 0.25) is 0 Å². The van der Waals surface area contributed by atoms with Gasteiger partial charge < -0.3 is 5.32 Å². The van der Waals surface area contributed by atoms with Crippen molar-refractivity contribution in [3.63, 3.8) is 0 Å². The fourth-order valence-electron chi connectivity index (χ4n) is 1.97. The number of aromatic nitrogens is 3. The van der Waals surface area contributed by atoms with Crippen molar-refractivity contribution in [3.8, 4) is 0 Å². The molecular weight excluding hydrogens is 256 g/mol. The van der Waals surface area contributed by atoms with Gasteiger partial charge >= 0.3 is 0 Å². The van der Waals surface area contributed by atoms with E-state index in [1.165, 1.54) is 28.1 Å². The third-order valence-electron chi connectivity index (χ3n) is 2.91. The van der Waals surface area contributed by atoms with Crippen molar-refractivity contribution in [3.05, 3.63) is 42.0 Å². The lowest BCUT2D eigenvalue weighted by Crippen LogP contribution is -1.92. The van der Waals surface area contributed by atoms with E-state index in [-0.39, 0.29) is 0 Å². The van der Waals surface area contributed by atoms with Gasteiger partial charge in [-0.1, -0.05) is 41.6 Å². The number of thioether (sulfide) groups is 1. The fourth-order valence-corrected chi connectivity index (χ4v) is 2.28. The summed E-state index contributed by atoms with van der Waals surface area (Å²) < 4.78 is 0. The van der Waals surface area contributed by atoms with Crippen LogP contribution in [0.15, 0.2) is 41.6 Å². The summed E-state index contributed by atoms with van der Waals surface area (Å²) in [5.41, 5.74) is 2.26. The molecule has 3 rings (SSSR count). The predicted molar refractivity (Wildman–Crippen MR) is 80.1 cm³/mol. The summed E-state index contributed by atoms with van der Waals surface area (Å²) in [5, 5.41) is 13.4. The molecule has 0 bridgehead atoms. The highest BCUT2D eigenvalue weighted by atomic mass is 32.2. The first-order chi connectivity index (χ1) is 9.24. The smallest absolute Gasteiger partial charge is 0.247 e. The number of hydrogen-bond donors (Lipinski definition) is 2. The summed E-state index contributed by atoms with van der Waals surface area (Å²) >= 11 is 1.54. The van der Waals surface area contributed by atoms with Crippen molar-refractivity contribution in [2.45, 2.75) is 12.1 Å². The van der Waals surface area contributed by atoms with Crippen LogP contribution in [0.3, 0.4) is 0 Å². The molecule has 0 aliphatic rings. The lowest BCUT2D eigenvalue weighted by molar-refractivity contribution is 0.976. The molecule has 0 spiro atoms. The van der Waals surface area contributed by atoms with Crippen LogP contribution < -0.4 is 5.32 Å². The predicted octanol–water partition coefficient (Wildman–Crippen LogP) is 3.73. The minimum atomic E-state index is 0.593. The second-order valence-corrected chi connectivity index (χ2v) is 5.15. The first-order valence-corrected chi connectivity index (χ1v) is 7.21. The quantitative estimate of drug-likeness (QED) is 0.712. The Morgan fingerprint density at radius 1 is 1.11 bits per heavy atom. The molecule has 2 N–H and O–H groups in total. The normalized spacial score (nSPS) is 10.8. The maximum Gasteiger partial charge on any atom is 0.247 e. The van der Waals surface area contributed by atoms with Gasteiger partial charge in [-0.05, 0) is 36.1 Å². The summed E-state index contributed by atoms with van der Waals surface area (Å²) in [6, 6.07) is 12.7. The van der Waals surface area contributed by atoms with Crippen LogP contribution in [0.5, 0.6) is 0 Å². The minimum Gasteiger partial charge on any atom is -0.323 e. The van der Waals surface area contributed by atoms with E-state index in [2.05, 4.69) is 57.8 Å². The second-order valence-electron chi connectivity index (χ2n) is 4.36. The summed E-state index contributed by atoms with van der Waals surface area (Å²) in [6.07, 6.45) is 1.96. The zero-order valence-electron chi connectivity index (χ0n) is 10.8. The van der Waals surface area contributed by atoms with E-state index < -0.39 is 0 Å². The van der Waals surface area contributed by atoms with Crippen molar-refractivity contribution in [2.75, 3.05) is 11.6 Å². The number of nitrogens with zero attached hydrogens (tertiary/aromatic N) is 2. The summed E-state index contributed by atoms with van der Waals surface area (Å²) in [4.78, 5) is 4.30. The van der Waals surface area contributed by atoms with E-state index in [0.717, 1.165) is 10.8 Å². The Labute approximate surface area is 115 Å². The minimum absolute atomic E-state index is 0.593. The van der Waals surface area contributed by atoms with Gasteiger partial charge in [0.25, 0.3) is 0 Å². The van der Waals surface area contributed by atoms with E-state index in [9.17, 15) is 0 Å². The van der Waals surface area contributed by atoms with Gasteiger partial charge in [-0.3, -0.25) is 5.10 Å². The van der Waals surface area contributed by atoms with Crippen molar-refractivity contribution in [2.24, 2.45) is 0 Å². The molecular formula is C14H14N4S. The SMILES string of the molecule is CSc1nc(Nc2ccc3cc(C)ccc3c2)n[nH]1. The Bertz CT molecular complexity index is 720. The monoisotopic (exact) mass is 270 g/mol. The van der Waals surface area contributed by atoms with Crippen LogP contribution in [0.1, 0.15) is 5.56 Å². The Morgan fingerprint density at radius 2 is 1.89 bits per heavy atom. The van der Waals surface area contributed by atoms with Crippen molar-refractivity contribution in [1.82, 2.24) is 15.2 Å². The van der Waals surface area contributed by atoms with Crippen LogP contribution in [-0.2, 0) is 0 Å². The number of benzene rings is 2. The van der Waals surface area contributed by atoms with Crippen molar-refractivity contribution < 1.29 is 0 Å². The Balaban J connectivity index is 1.90. The molecule has 0 saturated carbocycles. The second kappa shape index (κ2) is 4.93.